The van der Waals surface area contributed by atoms with Gasteiger partial charge in [-0.2, -0.15) is 0 Å². The van der Waals surface area contributed by atoms with Crippen LogP contribution < -0.4 is 10.3 Å². The average molecular weight is 407 g/mol. The monoisotopic (exact) mass is 407 g/mol. The van der Waals surface area contributed by atoms with Gasteiger partial charge in [0.25, 0.3) is 5.56 Å². The molecule has 8 nitrogen and oxygen atoms in total. The van der Waals surface area contributed by atoms with E-state index >= 15 is 0 Å². The predicted octanol–water partition coefficient (Wildman–Crippen LogP) is 1.98. The van der Waals surface area contributed by atoms with Gasteiger partial charge in [0.2, 0.25) is 0 Å². The molecule has 3 aromatic rings. The van der Waals surface area contributed by atoms with Crippen LogP contribution in [0.2, 0.25) is 0 Å². The zero-order valence-corrected chi connectivity index (χ0v) is 17.2. The normalized spacial score (nSPS) is 14.2. The fourth-order valence-electron chi connectivity index (χ4n) is 3.81. The Kier molecular flexibility index (Phi) is 6.15. The first-order valence-electron chi connectivity index (χ1n) is 9.93. The van der Waals surface area contributed by atoms with E-state index in [1.807, 2.05) is 12.1 Å². The van der Waals surface area contributed by atoms with Gasteiger partial charge >= 0.3 is 0 Å². The van der Waals surface area contributed by atoms with Crippen LogP contribution in [0, 0.1) is 0 Å². The van der Waals surface area contributed by atoms with Crippen molar-refractivity contribution >= 4 is 0 Å². The third-order valence-electron chi connectivity index (χ3n) is 5.30. The summed E-state index contributed by atoms with van der Waals surface area (Å²) in [6.07, 6.45) is 6.14. The molecule has 0 spiro atoms. The van der Waals surface area contributed by atoms with E-state index in [9.17, 15) is 4.79 Å². The van der Waals surface area contributed by atoms with E-state index in [0.29, 0.717) is 31.0 Å². The minimum Gasteiger partial charge on any atom is -0.496 e. The molecule has 0 saturated carbocycles. The lowest BCUT2D eigenvalue weighted by Gasteiger charge is -2.21. The van der Waals surface area contributed by atoms with E-state index < -0.39 is 0 Å². The van der Waals surface area contributed by atoms with Crippen molar-refractivity contribution in [3.8, 4) is 17.3 Å². The number of aromatic nitrogens is 4. The summed E-state index contributed by atoms with van der Waals surface area (Å²) in [5.74, 6) is 1.33. The highest BCUT2D eigenvalue weighted by Crippen LogP contribution is 2.23. The lowest BCUT2D eigenvalue weighted by Crippen LogP contribution is -2.26. The predicted molar refractivity (Wildman–Crippen MR) is 112 cm³/mol. The maximum Gasteiger partial charge on any atom is 0.254 e. The van der Waals surface area contributed by atoms with Gasteiger partial charge in [-0.15, -0.1) is 0 Å². The molecule has 0 aliphatic carbocycles. The summed E-state index contributed by atoms with van der Waals surface area (Å²) in [6.45, 7) is 2.89. The van der Waals surface area contributed by atoms with Crippen molar-refractivity contribution in [3.63, 3.8) is 0 Å². The highest BCUT2D eigenvalue weighted by Gasteiger charge is 2.20. The smallest absolute Gasteiger partial charge is 0.254 e. The molecule has 1 N–H and O–H groups in total. The number of H-pyrrole nitrogens is 1. The van der Waals surface area contributed by atoms with Gasteiger partial charge in [-0.25, -0.2) is 9.97 Å². The van der Waals surface area contributed by atoms with E-state index in [0.717, 1.165) is 47.8 Å². The van der Waals surface area contributed by atoms with Gasteiger partial charge in [-0.3, -0.25) is 14.7 Å². The van der Waals surface area contributed by atoms with E-state index in [1.54, 1.807) is 32.8 Å². The molecule has 1 aliphatic heterocycles. The number of hydrogen-bond acceptors (Lipinski definition) is 7. The Morgan fingerprint density at radius 2 is 2.03 bits per heavy atom. The van der Waals surface area contributed by atoms with E-state index in [2.05, 4.69) is 25.9 Å². The first-order chi connectivity index (χ1) is 14.7. The maximum absolute atomic E-state index is 12.7. The molecule has 0 bridgehead atoms. The molecule has 1 aliphatic rings. The number of hydrogen-bond donors (Lipinski definition) is 1. The fraction of sp³-hybridized carbons (Fsp3) is 0.364. The lowest BCUT2D eigenvalue weighted by atomic mass is 10.1. The third kappa shape index (κ3) is 4.39. The zero-order valence-electron chi connectivity index (χ0n) is 17.2. The van der Waals surface area contributed by atoms with Crippen LogP contribution in [0.15, 0.2) is 41.6 Å². The molecule has 0 atom stereocenters. The minimum absolute atomic E-state index is 0.0952. The highest BCUT2D eigenvalue weighted by molar-refractivity contribution is 5.47. The second kappa shape index (κ2) is 9.15. The van der Waals surface area contributed by atoms with Crippen molar-refractivity contribution in [2.75, 3.05) is 27.3 Å². The van der Waals surface area contributed by atoms with E-state index in [4.69, 9.17) is 14.5 Å². The maximum atomic E-state index is 12.7. The standard InChI is InChI=1S/C22H25N5O3/c1-29-14-15-3-4-20(30-2)16(11-15)13-27-9-5-17-18(6-10-27)25-21(26-22(17)28)19-12-23-7-8-24-19/h3-4,7-8,11-12H,5-6,9-10,13-14H2,1-2H3,(H,25,26,28). The van der Waals surface area contributed by atoms with E-state index in [1.165, 1.54) is 0 Å². The molecule has 0 radical (unpaired) electrons. The number of aromatic amines is 1. The Balaban J connectivity index is 1.54. The Morgan fingerprint density at radius 3 is 2.80 bits per heavy atom. The van der Waals surface area contributed by atoms with Gasteiger partial charge in [0.1, 0.15) is 11.4 Å². The largest absolute Gasteiger partial charge is 0.496 e. The van der Waals surface area contributed by atoms with Crippen LogP contribution in [0.3, 0.4) is 0 Å². The second-order valence-electron chi connectivity index (χ2n) is 7.29. The van der Waals surface area contributed by atoms with Crippen LogP contribution in [-0.2, 0) is 30.7 Å². The van der Waals surface area contributed by atoms with Gasteiger partial charge in [-0.1, -0.05) is 6.07 Å². The summed E-state index contributed by atoms with van der Waals surface area (Å²) in [5.41, 5.74) is 4.28. The van der Waals surface area contributed by atoms with E-state index in [-0.39, 0.29) is 5.56 Å². The third-order valence-corrected chi connectivity index (χ3v) is 5.30. The van der Waals surface area contributed by atoms with Crippen molar-refractivity contribution < 1.29 is 9.47 Å². The van der Waals surface area contributed by atoms with Crippen molar-refractivity contribution in [1.29, 1.82) is 0 Å². The van der Waals surface area contributed by atoms with Crippen LogP contribution in [0.4, 0.5) is 0 Å². The first kappa shape index (κ1) is 20.2. The molecule has 0 unspecified atom stereocenters. The molecule has 0 fully saturated rings. The number of nitrogens with one attached hydrogen (secondary N) is 1. The second-order valence-corrected chi connectivity index (χ2v) is 7.29. The van der Waals surface area contributed by atoms with Crippen LogP contribution in [0.1, 0.15) is 22.4 Å². The molecule has 0 saturated heterocycles. The molecule has 1 aromatic carbocycles. The Labute approximate surface area is 174 Å². The van der Waals surface area contributed by atoms with Gasteiger partial charge in [0, 0.05) is 56.7 Å². The molecular weight excluding hydrogens is 382 g/mol. The SMILES string of the molecule is COCc1ccc(OC)c(CN2CCc3nc(-c4cnccn4)[nH]c(=O)c3CC2)c1. The number of nitrogens with zero attached hydrogens (tertiary/aromatic N) is 4. The molecule has 156 valence electrons. The van der Waals surface area contributed by atoms with Crippen LogP contribution >= 0.6 is 0 Å². The molecule has 8 heteroatoms. The van der Waals surface area contributed by atoms with Crippen molar-refractivity contribution in [1.82, 2.24) is 24.8 Å². The van der Waals surface area contributed by atoms with Crippen LogP contribution in [-0.4, -0.2) is 52.1 Å². The van der Waals surface area contributed by atoms with Gasteiger partial charge in [-0.05, 0) is 24.1 Å². The van der Waals surface area contributed by atoms with Crippen LogP contribution in [0.25, 0.3) is 11.5 Å². The number of rotatable bonds is 6. The van der Waals surface area contributed by atoms with Gasteiger partial charge < -0.3 is 14.5 Å². The summed E-state index contributed by atoms with van der Waals surface area (Å²) in [6, 6.07) is 6.12. The zero-order chi connectivity index (χ0) is 20.9. The number of ether oxygens (including phenoxy) is 2. The topological polar surface area (TPSA) is 93.2 Å². The molecule has 0 amide bonds. The van der Waals surface area contributed by atoms with Crippen molar-refractivity contribution in [2.24, 2.45) is 0 Å². The summed E-state index contributed by atoms with van der Waals surface area (Å²) in [4.78, 5) is 30.9. The summed E-state index contributed by atoms with van der Waals surface area (Å²) in [5, 5.41) is 0. The molecule has 30 heavy (non-hydrogen) atoms. The lowest BCUT2D eigenvalue weighted by molar-refractivity contribution is 0.184. The van der Waals surface area contributed by atoms with Gasteiger partial charge in [0.05, 0.1) is 25.6 Å². The fourth-order valence-corrected chi connectivity index (χ4v) is 3.81. The molecular formula is C22H25N5O3. The van der Waals surface area contributed by atoms with Gasteiger partial charge in [0.15, 0.2) is 5.82 Å². The minimum atomic E-state index is -0.0952. The summed E-state index contributed by atoms with van der Waals surface area (Å²) in [7, 11) is 3.38. The molecule has 2 aromatic heterocycles. The first-order valence-corrected chi connectivity index (χ1v) is 9.93. The number of benzene rings is 1. The summed E-state index contributed by atoms with van der Waals surface area (Å²) >= 11 is 0. The number of fused-ring (bicyclic) bond motifs is 1. The molecule has 3 heterocycles. The average Bonchev–Trinajstić information content (AvgIpc) is 2.98. The quantitative estimate of drug-likeness (QED) is 0.668. The Bertz CT molecular complexity index is 1070. The Morgan fingerprint density at radius 1 is 1.17 bits per heavy atom. The van der Waals surface area contributed by atoms with Crippen molar-refractivity contribution in [2.45, 2.75) is 26.0 Å². The Hall–Kier alpha value is -3.10. The number of methoxy groups -OCH3 is 2. The highest BCUT2D eigenvalue weighted by atomic mass is 16.5. The molecule has 4 rings (SSSR count). The van der Waals surface area contributed by atoms with Crippen LogP contribution in [0.5, 0.6) is 5.75 Å². The van der Waals surface area contributed by atoms with Crippen molar-refractivity contribution in [3.05, 3.63) is 69.5 Å². The summed E-state index contributed by atoms with van der Waals surface area (Å²) < 4.78 is 10.8.